The number of hydrogen-bond donors (Lipinski definition) is 2. The van der Waals surface area contributed by atoms with Gasteiger partial charge in [0.05, 0.1) is 5.69 Å². The zero-order chi connectivity index (χ0) is 10.7. The van der Waals surface area contributed by atoms with Crippen molar-refractivity contribution in [1.29, 1.82) is 0 Å². The Morgan fingerprint density at radius 2 is 2.47 bits per heavy atom. The summed E-state index contributed by atoms with van der Waals surface area (Å²) in [5, 5.41) is 11.7. The molecular formula is C9H13N3OS2. The van der Waals surface area contributed by atoms with E-state index in [2.05, 4.69) is 4.98 Å². The highest BCUT2D eigenvalue weighted by molar-refractivity contribution is 7.99. The summed E-state index contributed by atoms with van der Waals surface area (Å²) in [7, 11) is 0. The van der Waals surface area contributed by atoms with Gasteiger partial charge in [-0.2, -0.15) is 0 Å². The maximum absolute atomic E-state index is 8.71. The highest BCUT2D eigenvalue weighted by Gasteiger charge is 2.11. The topological polar surface area (TPSA) is 63.5 Å². The first-order chi connectivity index (χ1) is 7.36. The lowest BCUT2D eigenvalue weighted by Gasteiger charge is -1.99. The molecule has 82 valence electrons. The molecule has 15 heavy (non-hydrogen) atoms. The quantitative estimate of drug-likeness (QED) is 0.614. The molecule has 2 rings (SSSR count). The minimum absolute atomic E-state index is 0.229. The molecule has 6 heteroatoms. The summed E-state index contributed by atoms with van der Waals surface area (Å²) >= 11 is 3.27. The van der Waals surface area contributed by atoms with Crippen LogP contribution in [0.25, 0.3) is 4.96 Å². The van der Waals surface area contributed by atoms with Gasteiger partial charge in [-0.1, -0.05) is 0 Å². The van der Waals surface area contributed by atoms with Gasteiger partial charge in [-0.15, -0.1) is 23.1 Å². The molecule has 0 aromatic carbocycles. The Kier molecular flexibility index (Phi) is 3.63. The maximum atomic E-state index is 8.71. The summed E-state index contributed by atoms with van der Waals surface area (Å²) in [6, 6.07) is 0. The predicted octanol–water partition coefficient (Wildman–Crippen LogP) is 1.33. The van der Waals surface area contributed by atoms with E-state index in [0.29, 0.717) is 6.54 Å². The second-order valence-electron chi connectivity index (χ2n) is 3.05. The molecule has 0 aliphatic carbocycles. The Morgan fingerprint density at radius 3 is 3.20 bits per heavy atom. The van der Waals surface area contributed by atoms with E-state index in [1.54, 1.807) is 23.1 Å². The Morgan fingerprint density at radius 1 is 1.60 bits per heavy atom. The largest absolute Gasteiger partial charge is 0.396 e. The van der Waals surface area contributed by atoms with Gasteiger partial charge >= 0.3 is 0 Å². The predicted molar refractivity (Wildman–Crippen MR) is 63.4 cm³/mol. The van der Waals surface area contributed by atoms with Crippen LogP contribution in [0.1, 0.15) is 12.1 Å². The average molecular weight is 243 g/mol. The van der Waals surface area contributed by atoms with Crippen molar-refractivity contribution in [1.82, 2.24) is 9.38 Å². The van der Waals surface area contributed by atoms with E-state index in [-0.39, 0.29) is 6.61 Å². The standard InChI is InChI=1S/C9H13N3OS2/c10-6-7-8(14-4-1-3-13)11-9-12(7)2-5-15-9/h2,5,13H,1,3-4,6,10H2. The highest BCUT2D eigenvalue weighted by atomic mass is 32.2. The Labute approximate surface area is 96.1 Å². The average Bonchev–Trinajstić information content (AvgIpc) is 2.77. The molecule has 4 nitrogen and oxygen atoms in total. The number of aromatic nitrogens is 2. The maximum Gasteiger partial charge on any atom is 0.194 e. The van der Waals surface area contributed by atoms with Crippen LogP contribution in [0.15, 0.2) is 16.6 Å². The number of imidazole rings is 1. The van der Waals surface area contributed by atoms with Crippen LogP contribution in [0.3, 0.4) is 0 Å². The van der Waals surface area contributed by atoms with E-state index in [9.17, 15) is 0 Å². The molecule has 0 radical (unpaired) electrons. The zero-order valence-electron chi connectivity index (χ0n) is 8.22. The van der Waals surface area contributed by atoms with Crippen molar-refractivity contribution in [2.75, 3.05) is 12.4 Å². The van der Waals surface area contributed by atoms with Crippen LogP contribution >= 0.6 is 23.1 Å². The third-order valence-electron chi connectivity index (χ3n) is 2.06. The summed E-state index contributed by atoms with van der Waals surface area (Å²) in [6.07, 6.45) is 2.78. The van der Waals surface area contributed by atoms with Gasteiger partial charge in [0.1, 0.15) is 5.03 Å². The molecule has 0 saturated carbocycles. The molecule has 2 aromatic rings. The van der Waals surface area contributed by atoms with E-state index in [0.717, 1.165) is 27.9 Å². The summed E-state index contributed by atoms with van der Waals surface area (Å²) in [5.74, 6) is 0.883. The zero-order valence-corrected chi connectivity index (χ0v) is 9.85. The SMILES string of the molecule is NCc1c(SCCCO)nc2sccn12. The minimum atomic E-state index is 0.229. The highest BCUT2D eigenvalue weighted by Crippen LogP contribution is 2.25. The second-order valence-corrected chi connectivity index (χ2v) is 5.01. The van der Waals surface area contributed by atoms with Crippen LogP contribution in [0.2, 0.25) is 0 Å². The van der Waals surface area contributed by atoms with Crippen molar-refractivity contribution >= 4 is 28.1 Å². The lowest BCUT2D eigenvalue weighted by molar-refractivity contribution is 0.296. The van der Waals surface area contributed by atoms with Crippen molar-refractivity contribution in [2.45, 2.75) is 18.0 Å². The van der Waals surface area contributed by atoms with E-state index >= 15 is 0 Å². The lowest BCUT2D eigenvalue weighted by Crippen LogP contribution is -2.01. The first-order valence-electron chi connectivity index (χ1n) is 4.75. The van der Waals surface area contributed by atoms with E-state index in [4.69, 9.17) is 10.8 Å². The fraction of sp³-hybridized carbons (Fsp3) is 0.444. The number of nitrogens with zero attached hydrogens (tertiary/aromatic N) is 2. The first kappa shape index (κ1) is 10.9. The molecule has 0 bridgehead atoms. The Bertz CT molecular complexity index is 437. The van der Waals surface area contributed by atoms with E-state index in [1.807, 2.05) is 16.0 Å². The third-order valence-corrected chi connectivity index (χ3v) is 3.91. The first-order valence-corrected chi connectivity index (χ1v) is 6.61. The molecule has 2 heterocycles. The van der Waals surface area contributed by atoms with Crippen LogP contribution in [-0.2, 0) is 6.54 Å². The molecule has 0 atom stereocenters. The number of rotatable bonds is 5. The molecule has 0 fully saturated rings. The number of aliphatic hydroxyl groups is 1. The molecule has 2 aromatic heterocycles. The summed E-state index contributed by atoms with van der Waals surface area (Å²) in [5.41, 5.74) is 6.77. The second kappa shape index (κ2) is 4.98. The lowest BCUT2D eigenvalue weighted by atomic mass is 10.5. The van der Waals surface area contributed by atoms with Crippen LogP contribution in [0, 0.1) is 0 Å². The molecule has 0 aliphatic heterocycles. The van der Waals surface area contributed by atoms with Gasteiger partial charge in [0.15, 0.2) is 4.96 Å². The summed E-state index contributed by atoms with van der Waals surface area (Å²) in [4.78, 5) is 5.49. The molecule has 0 saturated heterocycles. The molecule has 3 N–H and O–H groups in total. The number of hydrogen-bond acceptors (Lipinski definition) is 5. The number of aliphatic hydroxyl groups excluding tert-OH is 1. The fourth-order valence-electron chi connectivity index (χ4n) is 1.35. The van der Waals surface area contributed by atoms with Gasteiger partial charge in [0, 0.05) is 30.5 Å². The molecule has 0 unspecified atom stereocenters. The van der Waals surface area contributed by atoms with Crippen LogP contribution in [0.4, 0.5) is 0 Å². The molecule has 0 aliphatic rings. The summed E-state index contributed by atoms with van der Waals surface area (Å²) in [6.45, 7) is 0.729. The molecule has 0 amide bonds. The van der Waals surface area contributed by atoms with Crippen LogP contribution < -0.4 is 5.73 Å². The Hall–Kier alpha value is -0.560. The minimum Gasteiger partial charge on any atom is -0.396 e. The number of nitrogens with two attached hydrogens (primary N) is 1. The normalized spacial score (nSPS) is 11.3. The molecule has 0 spiro atoms. The number of fused-ring (bicyclic) bond motifs is 1. The number of thiazole rings is 1. The summed E-state index contributed by atoms with van der Waals surface area (Å²) < 4.78 is 2.03. The smallest absolute Gasteiger partial charge is 0.194 e. The van der Waals surface area contributed by atoms with Gasteiger partial charge in [-0.05, 0) is 6.42 Å². The fourth-order valence-corrected chi connectivity index (χ4v) is 3.10. The van der Waals surface area contributed by atoms with Crippen molar-refractivity contribution in [3.8, 4) is 0 Å². The van der Waals surface area contributed by atoms with Crippen molar-refractivity contribution < 1.29 is 5.11 Å². The van der Waals surface area contributed by atoms with Gasteiger partial charge in [0.25, 0.3) is 0 Å². The van der Waals surface area contributed by atoms with Crippen molar-refractivity contribution in [3.05, 3.63) is 17.3 Å². The van der Waals surface area contributed by atoms with Gasteiger partial charge in [-0.25, -0.2) is 4.98 Å². The number of thioether (sulfide) groups is 1. The van der Waals surface area contributed by atoms with E-state index in [1.165, 1.54) is 0 Å². The van der Waals surface area contributed by atoms with Crippen molar-refractivity contribution in [3.63, 3.8) is 0 Å². The Balaban J connectivity index is 2.21. The van der Waals surface area contributed by atoms with Gasteiger partial charge in [0.2, 0.25) is 0 Å². The van der Waals surface area contributed by atoms with Gasteiger partial charge in [-0.3, -0.25) is 4.40 Å². The van der Waals surface area contributed by atoms with Crippen LogP contribution in [-0.4, -0.2) is 26.9 Å². The monoisotopic (exact) mass is 243 g/mol. The van der Waals surface area contributed by atoms with E-state index < -0.39 is 0 Å². The third kappa shape index (κ3) is 2.17. The van der Waals surface area contributed by atoms with Gasteiger partial charge < -0.3 is 10.8 Å². The van der Waals surface area contributed by atoms with Crippen LogP contribution in [0.5, 0.6) is 0 Å². The van der Waals surface area contributed by atoms with Crippen molar-refractivity contribution in [2.24, 2.45) is 5.73 Å². The molecular weight excluding hydrogens is 230 g/mol.